The first-order valence-corrected chi connectivity index (χ1v) is 15.1. The number of aliphatic hydroxyl groups excluding tert-OH is 1. The first-order valence-electron chi connectivity index (χ1n) is 15.1. The summed E-state index contributed by atoms with van der Waals surface area (Å²) < 4.78 is 6.92. The zero-order valence-corrected chi connectivity index (χ0v) is 25.0. The second kappa shape index (κ2) is 12.9. The van der Waals surface area contributed by atoms with Crippen LogP contribution in [0.4, 0.5) is 0 Å². The van der Waals surface area contributed by atoms with E-state index >= 15 is 0 Å². The molecule has 6 atom stereocenters. The lowest BCUT2D eigenvalue weighted by molar-refractivity contribution is -0.155. The molecule has 0 aliphatic carbocycles. The third-order valence-electron chi connectivity index (χ3n) is 9.40. The second-order valence-electron chi connectivity index (χ2n) is 12.1. The topological polar surface area (TPSA) is 90.4 Å². The number of amides is 3. The molecule has 8 heteroatoms. The Bertz CT molecular complexity index is 1130. The summed E-state index contributed by atoms with van der Waals surface area (Å²) in [6.45, 7) is 15.9. The molecule has 4 rings (SSSR count). The van der Waals surface area contributed by atoms with Crippen LogP contribution in [0.25, 0.3) is 0 Å². The quantitative estimate of drug-likeness (QED) is 0.258. The van der Waals surface area contributed by atoms with Gasteiger partial charge in [0.15, 0.2) is 0 Å². The van der Waals surface area contributed by atoms with Gasteiger partial charge in [0.25, 0.3) is 0 Å². The van der Waals surface area contributed by atoms with Crippen LogP contribution < -0.4 is 0 Å². The van der Waals surface area contributed by atoms with Crippen LogP contribution in [0.2, 0.25) is 0 Å². The Kier molecular flexibility index (Phi) is 9.75. The van der Waals surface area contributed by atoms with Crippen LogP contribution in [0.1, 0.15) is 58.4 Å². The Balaban J connectivity index is 1.76. The van der Waals surface area contributed by atoms with Gasteiger partial charge in [-0.15, -0.1) is 13.2 Å². The summed E-state index contributed by atoms with van der Waals surface area (Å²) in [5.74, 6) is -1.86. The molecule has 3 fully saturated rings. The number of likely N-dealkylation sites (tertiary alicyclic amines) is 1. The number of fused-ring (bicyclic) bond motifs is 1. The highest BCUT2D eigenvalue weighted by Gasteiger charge is 2.80. The molecule has 0 aromatic heterocycles. The smallest absolute Gasteiger partial charge is 0.248 e. The van der Waals surface area contributed by atoms with Gasteiger partial charge in [-0.25, -0.2) is 0 Å². The van der Waals surface area contributed by atoms with E-state index in [1.54, 1.807) is 26.9 Å². The van der Waals surface area contributed by atoms with Gasteiger partial charge in [-0.05, 0) is 50.5 Å². The molecule has 3 unspecified atom stereocenters. The van der Waals surface area contributed by atoms with E-state index in [-0.39, 0.29) is 30.2 Å². The maximum absolute atomic E-state index is 14.6. The van der Waals surface area contributed by atoms with Crippen molar-refractivity contribution in [2.75, 3.05) is 32.8 Å². The van der Waals surface area contributed by atoms with Crippen molar-refractivity contribution in [3.8, 4) is 0 Å². The average molecular weight is 566 g/mol. The Labute approximate surface area is 245 Å². The number of carbonyl (C=O) groups is 3. The van der Waals surface area contributed by atoms with E-state index in [1.165, 1.54) is 0 Å². The second-order valence-corrected chi connectivity index (χ2v) is 12.1. The summed E-state index contributed by atoms with van der Waals surface area (Å²) in [5, 5.41) is 9.31. The van der Waals surface area contributed by atoms with Crippen molar-refractivity contribution in [2.24, 2.45) is 17.8 Å². The molecular weight excluding hydrogens is 518 g/mol. The number of carbonyl (C=O) groups excluding carboxylic acids is 3. The maximum Gasteiger partial charge on any atom is 0.248 e. The summed E-state index contributed by atoms with van der Waals surface area (Å²) in [6, 6.07) is 8.95. The van der Waals surface area contributed by atoms with Crippen molar-refractivity contribution in [1.82, 2.24) is 14.7 Å². The van der Waals surface area contributed by atoms with Crippen molar-refractivity contribution in [1.29, 1.82) is 0 Å². The SMILES string of the molecule is C=CCN(Cc1ccccc1)C(=O)C1N(CCCCCO)C(=O)[C@@H]2[C@@H](C(=O)N(CC=C)CCC)[C@]3(C)OC12CC3C. The Morgan fingerprint density at radius 3 is 2.41 bits per heavy atom. The first kappa shape index (κ1) is 31.0. The van der Waals surface area contributed by atoms with Gasteiger partial charge in [-0.3, -0.25) is 14.4 Å². The normalized spacial score (nSPS) is 29.9. The number of rotatable bonds is 15. The lowest BCUT2D eigenvalue weighted by Gasteiger charge is -2.39. The number of benzene rings is 1. The third kappa shape index (κ3) is 5.48. The molecule has 3 aliphatic rings. The fraction of sp³-hybridized carbons (Fsp3) is 0.606. The summed E-state index contributed by atoms with van der Waals surface area (Å²) in [7, 11) is 0. The summed E-state index contributed by atoms with van der Waals surface area (Å²) in [4.78, 5) is 48.4. The molecule has 1 aromatic carbocycles. The Hall–Kier alpha value is -2.97. The molecule has 1 spiro atoms. The van der Waals surface area contributed by atoms with Crippen LogP contribution in [-0.4, -0.2) is 87.6 Å². The third-order valence-corrected chi connectivity index (χ3v) is 9.40. The van der Waals surface area contributed by atoms with Crippen LogP contribution in [0.3, 0.4) is 0 Å². The lowest BCUT2D eigenvalue weighted by atomic mass is 9.62. The predicted octanol–water partition coefficient (Wildman–Crippen LogP) is 3.80. The molecule has 41 heavy (non-hydrogen) atoms. The van der Waals surface area contributed by atoms with Gasteiger partial charge in [0, 0.05) is 39.3 Å². The van der Waals surface area contributed by atoms with Gasteiger partial charge >= 0.3 is 0 Å². The highest BCUT2D eigenvalue weighted by Crippen LogP contribution is 2.65. The van der Waals surface area contributed by atoms with Gasteiger partial charge in [-0.2, -0.15) is 0 Å². The summed E-state index contributed by atoms with van der Waals surface area (Å²) in [6.07, 6.45) is 6.78. The number of nitrogens with zero attached hydrogens (tertiary/aromatic N) is 3. The van der Waals surface area contributed by atoms with E-state index in [0.717, 1.165) is 18.4 Å². The molecule has 224 valence electrons. The van der Waals surface area contributed by atoms with E-state index in [1.807, 2.05) is 44.2 Å². The highest BCUT2D eigenvalue weighted by molar-refractivity contribution is 5.99. The van der Waals surface area contributed by atoms with Crippen molar-refractivity contribution < 1.29 is 24.2 Å². The molecule has 3 aliphatic heterocycles. The predicted molar refractivity (Wildman–Crippen MR) is 159 cm³/mol. The molecule has 0 saturated carbocycles. The van der Waals surface area contributed by atoms with Gasteiger partial charge in [0.1, 0.15) is 11.6 Å². The monoisotopic (exact) mass is 565 g/mol. The highest BCUT2D eigenvalue weighted by atomic mass is 16.5. The minimum Gasteiger partial charge on any atom is -0.396 e. The van der Waals surface area contributed by atoms with Crippen molar-refractivity contribution in [3.63, 3.8) is 0 Å². The first-order chi connectivity index (χ1) is 19.7. The lowest BCUT2D eigenvalue weighted by Crippen LogP contribution is -2.57. The number of ether oxygens (including phenoxy) is 1. The summed E-state index contributed by atoms with van der Waals surface area (Å²) in [5.41, 5.74) is -0.948. The fourth-order valence-corrected chi connectivity index (χ4v) is 7.48. The van der Waals surface area contributed by atoms with E-state index in [9.17, 15) is 19.5 Å². The molecule has 3 saturated heterocycles. The van der Waals surface area contributed by atoms with Crippen LogP contribution in [0.15, 0.2) is 55.6 Å². The van der Waals surface area contributed by atoms with Crippen LogP contribution in [-0.2, 0) is 25.7 Å². The molecule has 0 radical (unpaired) electrons. The molecular formula is C33H47N3O5. The van der Waals surface area contributed by atoms with Crippen molar-refractivity contribution in [2.45, 2.75) is 76.7 Å². The average Bonchev–Trinajstić information content (AvgIpc) is 3.47. The Morgan fingerprint density at radius 2 is 1.78 bits per heavy atom. The van der Waals surface area contributed by atoms with Gasteiger partial charge in [0.05, 0.1) is 17.4 Å². The largest absolute Gasteiger partial charge is 0.396 e. The number of hydrogen-bond acceptors (Lipinski definition) is 5. The van der Waals surface area contributed by atoms with Gasteiger partial charge < -0.3 is 24.5 Å². The zero-order chi connectivity index (χ0) is 29.8. The fourth-order valence-electron chi connectivity index (χ4n) is 7.48. The van der Waals surface area contributed by atoms with Crippen molar-refractivity contribution >= 4 is 17.7 Å². The Morgan fingerprint density at radius 1 is 1.10 bits per heavy atom. The minimum atomic E-state index is -1.08. The molecule has 1 N–H and O–H groups in total. The maximum atomic E-state index is 14.6. The van der Waals surface area contributed by atoms with Crippen LogP contribution in [0, 0.1) is 17.8 Å². The molecule has 3 amide bonds. The minimum absolute atomic E-state index is 0.0145. The van der Waals surface area contributed by atoms with Crippen molar-refractivity contribution in [3.05, 3.63) is 61.2 Å². The molecule has 2 bridgehead atoms. The van der Waals surface area contributed by atoms with E-state index in [0.29, 0.717) is 52.0 Å². The zero-order valence-electron chi connectivity index (χ0n) is 25.0. The number of hydrogen-bond donors (Lipinski definition) is 1. The van der Waals surface area contributed by atoms with Gasteiger partial charge in [-0.1, -0.05) is 56.3 Å². The number of aliphatic hydroxyl groups is 1. The molecule has 3 heterocycles. The standard InChI is InChI=1S/C33H47N3O5/c1-6-17-34(18-7-2)29(38)26-27-30(39)36(20-13-10-14-21-37)28(33(27)22-24(4)32(26,5)41-33)31(40)35(19-8-3)23-25-15-11-9-12-16-25/h6,8-9,11-12,15-16,24,26-28,37H,1,3,7,10,13-14,17-23H2,2,4-5H3/t24?,26-,27-,28?,32+,33?/m0/s1. The number of unbranched alkanes of at least 4 members (excludes halogenated alkanes) is 2. The molecule has 1 aromatic rings. The van der Waals surface area contributed by atoms with Crippen LogP contribution in [0.5, 0.6) is 0 Å². The van der Waals surface area contributed by atoms with Gasteiger partial charge in [0.2, 0.25) is 17.7 Å². The molecule has 8 nitrogen and oxygen atoms in total. The van der Waals surface area contributed by atoms with E-state index < -0.39 is 29.1 Å². The van der Waals surface area contributed by atoms with Crippen LogP contribution >= 0.6 is 0 Å². The van der Waals surface area contributed by atoms with E-state index in [4.69, 9.17) is 4.74 Å². The summed E-state index contributed by atoms with van der Waals surface area (Å²) >= 11 is 0. The van der Waals surface area contributed by atoms with E-state index in [2.05, 4.69) is 20.1 Å².